The third kappa shape index (κ3) is 1.80. The molecule has 0 aromatic heterocycles. The average Bonchev–Trinajstić information content (AvgIpc) is 2.86. The normalized spacial score (nSPS) is 39.3. The molecule has 3 atom stereocenters. The Morgan fingerprint density at radius 3 is 2.82 bits per heavy atom. The predicted octanol–water partition coefficient (Wildman–Crippen LogP) is 1.97. The van der Waals surface area contributed by atoms with Crippen molar-refractivity contribution in [3.63, 3.8) is 0 Å². The van der Waals surface area contributed by atoms with Gasteiger partial charge >= 0.3 is 0 Å². The number of hydrogen-bond acceptors (Lipinski definition) is 3. The van der Waals surface area contributed by atoms with Crippen LogP contribution in [-0.2, 0) is 4.79 Å². The zero-order chi connectivity index (χ0) is 12.0. The van der Waals surface area contributed by atoms with Gasteiger partial charge in [0, 0.05) is 11.3 Å². The van der Waals surface area contributed by atoms with Crippen LogP contribution in [0.1, 0.15) is 46.0 Å². The molecule has 96 valence electrons. The Morgan fingerprint density at radius 2 is 2.24 bits per heavy atom. The highest BCUT2D eigenvalue weighted by atomic mass is 32.2. The first-order chi connectivity index (χ1) is 8.18. The summed E-state index contributed by atoms with van der Waals surface area (Å²) in [5, 5.41) is 4.18. The number of thioether (sulfide) groups is 1. The third-order valence-electron chi connectivity index (χ3n) is 4.45. The van der Waals surface area contributed by atoms with Crippen LogP contribution < -0.4 is 5.32 Å². The van der Waals surface area contributed by atoms with Crippen LogP contribution in [0.2, 0.25) is 0 Å². The van der Waals surface area contributed by atoms with Gasteiger partial charge in [-0.25, -0.2) is 0 Å². The lowest BCUT2D eigenvalue weighted by atomic mass is 10.2. The molecule has 1 heterocycles. The summed E-state index contributed by atoms with van der Waals surface area (Å²) in [6, 6.07) is 0.481. The van der Waals surface area contributed by atoms with Gasteiger partial charge in [-0.05, 0) is 38.4 Å². The zero-order valence-electron chi connectivity index (χ0n) is 10.7. The molecule has 2 saturated carbocycles. The molecule has 3 fully saturated rings. The van der Waals surface area contributed by atoms with E-state index in [0.29, 0.717) is 17.2 Å². The van der Waals surface area contributed by atoms with Crippen LogP contribution in [0.3, 0.4) is 0 Å². The Morgan fingerprint density at radius 1 is 1.47 bits per heavy atom. The van der Waals surface area contributed by atoms with Crippen LogP contribution in [0.4, 0.5) is 0 Å². The molecule has 4 heteroatoms. The molecule has 3 nitrogen and oxygen atoms in total. The van der Waals surface area contributed by atoms with Gasteiger partial charge < -0.3 is 4.90 Å². The smallest absolute Gasteiger partial charge is 0.244 e. The van der Waals surface area contributed by atoms with E-state index >= 15 is 0 Å². The Bertz CT molecular complexity index is 329. The van der Waals surface area contributed by atoms with E-state index in [-0.39, 0.29) is 11.7 Å². The van der Waals surface area contributed by atoms with E-state index in [4.69, 9.17) is 0 Å². The number of carbonyl (C=O) groups excluding carboxylic acids is 1. The van der Waals surface area contributed by atoms with Crippen LogP contribution >= 0.6 is 11.8 Å². The summed E-state index contributed by atoms with van der Waals surface area (Å²) in [7, 11) is 0. The summed E-state index contributed by atoms with van der Waals surface area (Å²) in [6.07, 6.45) is 6.10. The molecule has 1 amide bonds. The van der Waals surface area contributed by atoms with Gasteiger partial charge in [-0.2, -0.15) is 11.8 Å². The molecule has 0 aromatic rings. The topological polar surface area (TPSA) is 32.3 Å². The molecule has 1 saturated heterocycles. The van der Waals surface area contributed by atoms with Gasteiger partial charge in [0.2, 0.25) is 5.91 Å². The van der Waals surface area contributed by atoms with Gasteiger partial charge in [0.25, 0.3) is 0 Å². The largest absolute Gasteiger partial charge is 0.322 e. The molecule has 3 rings (SSSR count). The van der Waals surface area contributed by atoms with Gasteiger partial charge in [-0.3, -0.25) is 10.1 Å². The fraction of sp³-hybridized carbons (Fsp3) is 0.923. The first-order valence-corrected chi connectivity index (χ1v) is 7.95. The Hall–Kier alpha value is -0.220. The van der Waals surface area contributed by atoms with Crippen LogP contribution in [0.15, 0.2) is 0 Å². The fourth-order valence-corrected chi connectivity index (χ4v) is 4.76. The zero-order valence-corrected chi connectivity index (χ0v) is 11.6. The fourth-order valence-electron chi connectivity index (χ4n) is 3.51. The Kier molecular flexibility index (Phi) is 2.90. The van der Waals surface area contributed by atoms with E-state index in [1.165, 1.54) is 19.3 Å². The number of rotatable bonds is 3. The average molecular weight is 254 g/mol. The summed E-state index contributed by atoms with van der Waals surface area (Å²) in [5.74, 6) is 1.55. The predicted molar refractivity (Wildman–Crippen MR) is 71.0 cm³/mol. The summed E-state index contributed by atoms with van der Waals surface area (Å²) in [6.45, 7) is 4.37. The molecule has 3 unspecified atom stereocenters. The molecule has 3 aliphatic rings. The van der Waals surface area contributed by atoms with Crippen LogP contribution in [-0.4, -0.2) is 39.6 Å². The second kappa shape index (κ2) is 4.16. The Labute approximate surface area is 108 Å². The molecule has 0 radical (unpaired) electrons. The summed E-state index contributed by atoms with van der Waals surface area (Å²) < 4.78 is 0. The lowest BCUT2D eigenvalue weighted by Crippen LogP contribution is -2.46. The van der Waals surface area contributed by atoms with Crippen molar-refractivity contribution in [1.29, 1.82) is 0 Å². The third-order valence-corrected chi connectivity index (χ3v) is 5.76. The van der Waals surface area contributed by atoms with Crippen molar-refractivity contribution < 1.29 is 4.79 Å². The molecule has 0 bridgehead atoms. The maximum Gasteiger partial charge on any atom is 0.244 e. The van der Waals surface area contributed by atoms with Gasteiger partial charge in [0.15, 0.2) is 0 Å². The first kappa shape index (κ1) is 11.8. The summed E-state index contributed by atoms with van der Waals surface area (Å²) in [4.78, 5) is 14.7. The minimum absolute atomic E-state index is 0.135. The van der Waals surface area contributed by atoms with Gasteiger partial charge in [0.05, 0.1) is 11.7 Å². The molecule has 2 aliphatic carbocycles. The summed E-state index contributed by atoms with van der Waals surface area (Å²) >= 11 is 2.04. The minimum Gasteiger partial charge on any atom is -0.322 e. The van der Waals surface area contributed by atoms with E-state index in [2.05, 4.69) is 24.1 Å². The van der Waals surface area contributed by atoms with Crippen molar-refractivity contribution in [3.05, 3.63) is 0 Å². The van der Waals surface area contributed by atoms with E-state index in [1.54, 1.807) is 0 Å². The van der Waals surface area contributed by atoms with Crippen molar-refractivity contribution in [2.45, 2.75) is 68.9 Å². The number of nitrogens with one attached hydrogen (secondary N) is 1. The molecule has 1 aliphatic heterocycles. The molecular formula is C13H22N2OS. The van der Waals surface area contributed by atoms with E-state index in [0.717, 1.165) is 18.6 Å². The standard InChI is InChI=1S/C13H22N2OS/c1-3-17-11-6-4-5-10(11)15-9(2)14-13(7-8-13)12(15)16/h9-11,14H,3-8H2,1-2H3. The molecule has 0 aromatic carbocycles. The summed E-state index contributed by atoms with van der Waals surface area (Å²) in [5.41, 5.74) is -0.135. The van der Waals surface area contributed by atoms with Crippen LogP contribution in [0.5, 0.6) is 0 Å². The number of amides is 1. The monoisotopic (exact) mass is 254 g/mol. The maximum absolute atomic E-state index is 12.5. The van der Waals surface area contributed by atoms with Gasteiger partial charge in [0.1, 0.15) is 0 Å². The highest BCUT2D eigenvalue weighted by Gasteiger charge is 2.60. The van der Waals surface area contributed by atoms with Gasteiger partial charge in [-0.15, -0.1) is 0 Å². The van der Waals surface area contributed by atoms with Gasteiger partial charge in [-0.1, -0.05) is 13.3 Å². The quantitative estimate of drug-likeness (QED) is 0.836. The number of hydrogen-bond donors (Lipinski definition) is 1. The first-order valence-electron chi connectivity index (χ1n) is 6.90. The molecule has 1 spiro atoms. The lowest BCUT2D eigenvalue weighted by molar-refractivity contribution is -0.132. The van der Waals surface area contributed by atoms with Crippen LogP contribution in [0, 0.1) is 0 Å². The van der Waals surface area contributed by atoms with Crippen LogP contribution in [0.25, 0.3) is 0 Å². The Balaban J connectivity index is 1.76. The molecule has 17 heavy (non-hydrogen) atoms. The molecular weight excluding hydrogens is 232 g/mol. The van der Waals surface area contributed by atoms with Crippen molar-refractivity contribution in [2.75, 3.05) is 5.75 Å². The SMILES string of the molecule is CCSC1CCCC1N1C(=O)C2(CC2)NC1C. The highest BCUT2D eigenvalue weighted by Crippen LogP contribution is 2.45. The van der Waals surface area contributed by atoms with E-state index in [1.807, 2.05) is 11.8 Å². The number of nitrogens with zero attached hydrogens (tertiary/aromatic N) is 1. The van der Waals surface area contributed by atoms with Crippen molar-refractivity contribution in [2.24, 2.45) is 0 Å². The minimum atomic E-state index is -0.135. The van der Waals surface area contributed by atoms with Crippen molar-refractivity contribution >= 4 is 17.7 Å². The maximum atomic E-state index is 12.5. The van der Waals surface area contributed by atoms with Crippen molar-refractivity contribution in [3.8, 4) is 0 Å². The lowest BCUT2D eigenvalue weighted by Gasteiger charge is -2.32. The van der Waals surface area contributed by atoms with Crippen molar-refractivity contribution in [1.82, 2.24) is 10.2 Å². The van der Waals surface area contributed by atoms with E-state index < -0.39 is 0 Å². The second-order valence-electron chi connectivity index (χ2n) is 5.61. The van der Waals surface area contributed by atoms with E-state index in [9.17, 15) is 4.79 Å². The second-order valence-corrected chi connectivity index (χ2v) is 7.12. The highest BCUT2D eigenvalue weighted by molar-refractivity contribution is 7.99. The molecule has 1 N–H and O–H groups in total. The number of carbonyl (C=O) groups is 1.